The van der Waals surface area contributed by atoms with E-state index in [2.05, 4.69) is 0 Å². The van der Waals surface area contributed by atoms with Gasteiger partial charge in [-0.15, -0.1) is 0 Å². The van der Waals surface area contributed by atoms with Crippen LogP contribution in [0.15, 0.2) is 24.3 Å². The summed E-state index contributed by atoms with van der Waals surface area (Å²) in [5.74, 6) is 0. The zero-order chi connectivity index (χ0) is 7.40. The van der Waals surface area contributed by atoms with Crippen molar-refractivity contribution in [2.45, 2.75) is 0 Å². The molecule has 0 unspecified atom stereocenters. The molecule has 0 heterocycles. The monoisotopic (exact) mass is 155 g/mol. The summed E-state index contributed by atoms with van der Waals surface area (Å²) in [6.45, 7) is 0. The Morgan fingerprint density at radius 1 is 1.30 bits per heavy atom. The molecule has 0 N–H and O–H groups in total. The molecule has 0 spiro atoms. The number of hydrogen-bond donors (Lipinski definition) is 0. The van der Waals surface area contributed by atoms with Gasteiger partial charge in [-0.25, -0.2) is 0 Å². The maximum atomic E-state index is 5.66. The summed E-state index contributed by atoms with van der Waals surface area (Å²) < 4.78 is 4.80. The lowest BCUT2D eigenvalue weighted by molar-refractivity contribution is -0.217. The Morgan fingerprint density at radius 3 is 2.40 bits per heavy atom. The molecular weight excluding hydrogens is 148 g/mol. The van der Waals surface area contributed by atoms with Crippen LogP contribution in [-0.2, 0) is 0 Å². The first-order valence-electron chi connectivity index (χ1n) is 2.94. The zero-order valence-electron chi connectivity index (χ0n) is 5.67. The lowest BCUT2D eigenvalue weighted by atomic mass is 10.2. The fourth-order valence-electron chi connectivity index (χ4n) is 0.677. The topological polar surface area (TPSA) is 11.3 Å². The average Bonchev–Trinajstić information content (AvgIpc) is 1.95. The van der Waals surface area contributed by atoms with Gasteiger partial charge in [-0.2, -0.15) is 0 Å². The van der Waals surface area contributed by atoms with Crippen LogP contribution in [0.5, 0.6) is 0 Å². The standard InChI is InChI=1S/C8H8ClO/c1-10-6-7-2-4-8(9)5-3-7/h2-6H,1H3/q+1. The number of halogens is 1. The molecule has 1 rings (SSSR count). The Bertz CT molecular complexity index is 226. The maximum Gasteiger partial charge on any atom is 0.315 e. The molecule has 2 heteroatoms. The highest BCUT2D eigenvalue weighted by molar-refractivity contribution is 6.30. The third-order valence-electron chi connectivity index (χ3n) is 1.12. The summed E-state index contributed by atoms with van der Waals surface area (Å²) in [6.07, 6.45) is 1.66. The van der Waals surface area contributed by atoms with Crippen LogP contribution in [-0.4, -0.2) is 13.4 Å². The first kappa shape index (κ1) is 7.29. The quantitative estimate of drug-likeness (QED) is 0.436. The van der Waals surface area contributed by atoms with Crippen LogP contribution in [0.4, 0.5) is 0 Å². The number of benzene rings is 1. The molecular formula is C8H8ClO+. The second-order valence-corrected chi connectivity index (χ2v) is 2.34. The molecule has 1 aromatic carbocycles. The van der Waals surface area contributed by atoms with Gasteiger partial charge in [-0.3, -0.25) is 4.42 Å². The van der Waals surface area contributed by atoms with Gasteiger partial charge in [0, 0.05) is 5.02 Å². The van der Waals surface area contributed by atoms with Gasteiger partial charge >= 0.3 is 6.29 Å². The van der Waals surface area contributed by atoms with E-state index in [0.717, 1.165) is 10.6 Å². The predicted octanol–water partition coefficient (Wildman–Crippen LogP) is 2.32. The van der Waals surface area contributed by atoms with Crippen molar-refractivity contribution in [3.05, 3.63) is 34.9 Å². The van der Waals surface area contributed by atoms with Gasteiger partial charge in [0.15, 0.2) is 0 Å². The van der Waals surface area contributed by atoms with Gasteiger partial charge < -0.3 is 0 Å². The number of hydrogen-bond acceptors (Lipinski definition) is 0. The van der Waals surface area contributed by atoms with Gasteiger partial charge in [0.25, 0.3) is 7.11 Å². The van der Waals surface area contributed by atoms with Gasteiger partial charge in [0.1, 0.15) is 0 Å². The van der Waals surface area contributed by atoms with Crippen LogP contribution in [0.2, 0.25) is 5.02 Å². The van der Waals surface area contributed by atoms with Crippen molar-refractivity contribution in [3.63, 3.8) is 0 Å². The van der Waals surface area contributed by atoms with Crippen molar-refractivity contribution in [3.8, 4) is 0 Å². The van der Waals surface area contributed by atoms with E-state index in [-0.39, 0.29) is 0 Å². The molecule has 1 nitrogen and oxygen atoms in total. The molecule has 0 fully saturated rings. The molecule has 0 saturated heterocycles. The van der Waals surface area contributed by atoms with Crippen LogP contribution in [0, 0.1) is 0 Å². The zero-order valence-corrected chi connectivity index (χ0v) is 6.43. The summed E-state index contributed by atoms with van der Waals surface area (Å²) >= 11 is 5.66. The molecule has 0 amide bonds. The normalized spacial score (nSPS) is 10.6. The number of aldehydes is 1. The molecule has 0 atom stereocenters. The average molecular weight is 156 g/mol. The molecule has 1 aromatic rings. The summed E-state index contributed by atoms with van der Waals surface area (Å²) in [7, 11) is 1.62. The predicted molar refractivity (Wildman–Crippen MR) is 42.8 cm³/mol. The van der Waals surface area contributed by atoms with E-state index < -0.39 is 0 Å². The van der Waals surface area contributed by atoms with Crippen LogP contribution >= 0.6 is 11.6 Å². The van der Waals surface area contributed by atoms with Crippen molar-refractivity contribution in [1.82, 2.24) is 0 Å². The highest BCUT2D eigenvalue weighted by Gasteiger charge is 1.91. The molecule has 0 aliphatic carbocycles. The van der Waals surface area contributed by atoms with Crippen molar-refractivity contribution in [2.75, 3.05) is 7.11 Å². The van der Waals surface area contributed by atoms with E-state index in [0.29, 0.717) is 0 Å². The minimum Gasteiger partial charge on any atom is -0.265 e. The largest absolute Gasteiger partial charge is 0.315 e. The number of rotatable bonds is 1. The van der Waals surface area contributed by atoms with Crippen molar-refractivity contribution in [2.24, 2.45) is 0 Å². The second kappa shape index (κ2) is 3.37. The molecule has 52 valence electrons. The van der Waals surface area contributed by atoms with E-state index in [9.17, 15) is 0 Å². The van der Waals surface area contributed by atoms with Crippen molar-refractivity contribution >= 4 is 17.9 Å². The highest BCUT2D eigenvalue weighted by Crippen LogP contribution is 2.07. The minimum atomic E-state index is 0.744. The molecule has 0 radical (unpaired) electrons. The first-order chi connectivity index (χ1) is 4.83. The third kappa shape index (κ3) is 1.85. The van der Waals surface area contributed by atoms with Gasteiger partial charge in [0.05, 0.1) is 5.56 Å². The van der Waals surface area contributed by atoms with Crippen LogP contribution in [0.3, 0.4) is 0 Å². The van der Waals surface area contributed by atoms with Crippen LogP contribution in [0.25, 0.3) is 0 Å². The Hall–Kier alpha value is -0.820. The third-order valence-corrected chi connectivity index (χ3v) is 1.38. The number of carbonyl (C=O) groups excluding carboxylic acids is 1. The second-order valence-electron chi connectivity index (χ2n) is 1.91. The Kier molecular flexibility index (Phi) is 2.46. The smallest absolute Gasteiger partial charge is 0.265 e. The summed E-state index contributed by atoms with van der Waals surface area (Å²) in [5, 5.41) is 0.744. The summed E-state index contributed by atoms with van der Waals surface area (Å²) in [5.41, 5.74) is 1.02. The van der Waals surface area contributed by atoms with Crippen molar-refractivity contribution < 1.29 is 4.42 Å². The molecule has 0 saturated carbocycles. The lowest BCUT2D eigenvalue weighted by Crippen LogP contribution is -1.77. The Morgan fingerprint density at radius 2 is 1.90 bits per heavy atom. The molecule has 0 aliphatic rings. The van der Waals surface area contributed by atoms with Gasteiger partial charge in [-0.1, -0.05) is 11.6 Å². The van der Waals surface area contributed by atoms with E-state index in [1.54, 1.807) is 13.4 Å². The van der Waals surface area contributed by atoms with Crippen molar-refractivity contribution in [1.29, 1.82) is 0 Å². The SMILES string of the molecule is C[O+]=Cc1ccc(Cl)cc1. The molecule has 0 bridgehead atoms. The fraction of sp³-hybridized carbons (Fsp3) is 0.125. The van der Waals surface area contributed by atoms with Crippen LogP contribution in [0.1, 0.15) is 9.99 Å². The van der Waals surface area contributed by atoms with Crippen LogP contribution < -0.4 is 0 Å². The Labute approximate surface area is 64.9 Å². The van der Waals surface area contributed by atoms with Gasteiger partial charge in [0.2, 0.25) is 0 Å². The van der Waals surface area contributed by atoms with E-state index >= 15 is 0 Å². The van der Waals surface area contributed by atoms with E-state index in [1.165, 1.54) is 0 Å². The summed E-state index contributed by atoms with van der Waals surface area (Å²) in [6, 6.07) is 7.44. The highest BCUT2D eigenvalue weighted by atomic mass is 35.5. The summed E-state index contributed by atoms with van der Waals surface area (Å²) in [4.78, 5) is 0. The van der Waals surface area contributed by atoms with Gasteiger partial charge in [-0.05, 0) is 24.3 Å². The minimum absolute atomic E-state index is 0.744. The fourth-order valence-corrected chi connectivity index (χ4v) is 0.803. The maximum absolute atomic E-state index is 5.66. The lowest BCUT2D eigenvalue weighted by Gasteiger charge is -1.85. The molecule has 10 heavy (non-hydrogen) atoms. The van der Waals surface area contributed by atoms with E-state index in [1.807, 2.05) is 24.3 Å². The first-order valence-corrected chi connectivity index (χ1v) is 3.32. The molecule has 0 aromatic heterocycles. The molecule has 0 aliphatic heterocycles. The van der Waals surface area contributed by atoms with E-state index in [4.69, 9.17) is 16.0 Å². The Balaban J connectivity index is 2.89.